The summed E-state index contributed by atoms with van der Waals surface area (Å²) in [7, 11) is 0. The molecule has 0 bridgehead atoms. The molecule has 2 saturated carbocycles. The van der Waals surface area contributed by atoms with Crippen LogP contribution in [0.25, 0.3) is 0 Å². The zero-order valence-electron chi connectivity index (χ0n) is 16.5. The van der Waals surface area contributed by atoms with Crippen LogP contribution in [0.2, 0.25) is 0 Å². The number of amides is 2. The van der Waals surface area contributed by atoms with E-state index in [-0.39, 0.29) is 30.1 Å². The Morgan fingerprint density at radius 1 is 1.07 bits per heavy atom. The van der Waals surface area contributed by atoms with Gasteiger partial charge in [0, 0.05) is 50.4 Å². The first-order valence-corrected chi connectivity index (χ1v) is 10.8. The van der Waals surface area contributed by atoms with E-state index >= 15 is 0 Å². The molecule has 1 aromatic heterocycles. The molecule has 0 unspecified atom stereocenters. The lowest BCUT2D eigenvalue weighted by molar-refractivity contribution is -0.161. The summed E-state index contributed by atoms with van der Waals surface area (Å²) in [6.07, 6.45) is 5.09. The lowest BCUT2D eigenvalue weighted by Gasteiger charge is -2.45. The van der Waals surface area contributed by atoms with Gasteiger partial charge in [-0.15, -0.1) is 10.2 Å². The van der Waals surface area contributed by atoms with E-state index in [1.807, 2.05) is 4.57 Å². The fraction of sp³-hybridized carbons (Fsp3) is 0.800. The number of hydrogen-bond donors (Lipinski definition) is 1. The van der Waals surface area contributed by atoms with E-state index in [9.17, 15) is 18.4 Å². The Balaban J connectivity index is 1.26. The first-order chi connectivity index (χ1) is 13.9. The number of aromatic nitrogens is 3. The third kappa shape index (κ3) is 3.42. The lowest BCUT2D eigenvalue weighted by atomic mass is 9.72. The Kier molecular flexibility index (Phi) is 4.40. The zero-order valence-corrected chi connectivity index (χ0v) is 16.5. The zero-order chi connectivity index (χ0) is 20.2. The number of likely N-dealkylation sites (tertiary alicyclic amines) is 1. The molecule has 2 aliphatic carbocycles. The van der Waals surface area contributed by atoms with Gasteiger partial charge in [0.05, 0.1) is 0 Å². The molecule has 3 fully saturated rings. The van der Waals surface area contributed by atoms with Crippen LogP contribution in [0.5, 0.6) is 0 Å². The van der Waals surface area contributed by atoms with Crippen molar-refractivity contribution in [2.24, 2.45) is 11.8 Å². The third-order valence-corrected chi connectivity index (χ3v) is 7.19. The summed E-state index contributed by atoms with van der Waals surface area (Å²) in [6, 6.07) is 0. The fourth-order valence-electron chi connectivity index (χ4n) is 5.12. The molecule has 1 saturated heterocycles. The van der Waals surface area contributed by atoms with Crippen LogP contribution in [0, 0.1) is 11.8 Å². The first kappa shape index (κ1) is 18.9. The summed E-state index contributed by atoms with van der Waals surface area (Å²) in [5, 5.41) is 11.6. The standard InChI is InChI=1S/C20H27F2N5O2/c21-20(22)10-14(11-20)17(29)26-8-5-19(6-9-26)4-1-7-27-15(24-25-18(19)27)16(28)23-12-13-2-3-13/h13-14H,1-12H2,(H,23,28). The molecule has 1 aromatic rings. The van der Waals surface area contributed by atoms with Crippen LogP contribution in [-0.2, 0) is 16.8 Å². The highest BCUT2D eigenvalue weighted by atomic mass is 19.3. The maximum absolute atomic E-state index is 13.1. The average molecular weight is 407 g/mol. The molecule has 3 heterocycles. The Labute approximate surface area is 168 Å². The van der Waals surface area contributed by atoms with Crippen molar-refractivity contribution in [2.75, 3.05) is 19.6 Å². The van der Waals surface area contributed by atoms with Crippen LogP contribution in [0.4, 0.5) is 8.78 Å². The number of halogens is 2. The normalized spacial score (nSPS) is 25.4. The predicted molar refractivity (Wildman–Crippen MR) is 99.5 cm³/mol. The summed E-state index contributed by atoms with van der Waals surface area (Å²) in [5.74, 6) is -1.66. The second kappa shape index (κ2) is 6.74. The van der Waals surface area contributed by atoms with Gasteiger partial charge >= 0.3 is 0 Å². The van der Waals surface area contributed by atoms with E-state index in [0.717, 1.165) is 38.1 Å². The molecule has 1 N–H and O–H groups in total. The number of carbonyl (C=O) groups is 2. The van der Waals surface area contributed by atoms with Gasteiger partial charge in [-0.1, -0.05) is 0 Å². The monoisotopic (exact) mass is 407 g/mol. The molecule has 1 spiro atoms. The molecule has 0 atom stereocenters. The van der Waals surface area contributed by atoms with E-state index in [2.05, 4.69) is 15.5 Å². The summed E-state index contributed by atoms with van der Waals surface area (Å²) in [6.45, 7) is 2.54. The fourth-order valence-corrected chi connectivity index (χ4v) is 5.12. The van der Waals surface area contributed by atoms with Crippen LogP contribution in [-0.4, -0.2) is 57.0 Å². The van der Waals surface area contributed by atoms with Gasteiger partial charge in [0.2, 0.25) is 17.7 Å². The van der Waals surface area contributed by atoms with Crippen LogP contribution >= 0.6 is 0 Å². The summed E-state index contributed by atoms with van der Waals surface area (Å²) in [5.41, 5.74) is -0.180. The van der Waals surface area contributed by atoms with Crippen molar-refractivity contribution in [2.45, 2.75) is 69.2 Å². The Morgan fingerprint density at radius 3 is 2.45 bits per heavy atom. The van der Waals surface area contributed by atoms with Crippen molar-refractivity contribution in [3.8, 4) is 0 Å². The smallest absolute Gasteiger partial charge is 0.289 e. The molecular weight excluding hydrogens is 380 g/mol. The molecule has 2 aliphatic heterocycles. The van der Waals surface area contributed by atoms with E-state index in [1.54, 1.807) is 4.90 Å². The van der Waals surface area contributed by atoms with Gasteiger partial charge in [0.15, 0.2) is 0 Å². The highest BCUT2D eigenvalue weighted by Crippen LogP contribution is 2.45. The molecular formula is C20H27F2N5O2. The topological polar surface area (TPSA) is 80.1 Å². The van der Waals surface area contributed by atoms with Gasteiger partial charge in [-0.25, -0.2) is 8.78 Å². The number of alkyl halides is 2. The maximum Gasteiger partial charge on any atom is 0.289 e. The Hall–Kier alpha value is -2.06. The molecule has 5 rings (SSSR count). The van der Waals surface area contributed by atoms with Gasteiger partial charge in [0.1, 0.15) is 5.82 Å². The van der Waals surface area contributed by atoms with Crippen molar-refractivity contribution in [3.05, 3.63) is 11.6 Å². The number of piperidine rings is 1. The van der Waals surface area contributed by atoms with E-state index < -0.39 is 11.8 Å². The van der Waals surface area contributed by atoms with Gasteiger partial charge in [-0.05, 0) is 44.4 Å². The quantitative estimate of drug-likeness (QED) is 0.829. The second-order valence-electron chi connectivity index (χ2n) is 9.32. The molecule has 2 amide bonds. The van der Waals surface area contributed by atoms with Crippen molar-refractivity contribution in [3.63, 3.8) is 0 Å². The molecule has 9 heteroatoms. The Bertz CT molecular complexity index is 819. The SMILES string of the molecule is O=C(NCC1CC1)c1nnc2n1CCCC21CCN(C(=O)C2CC(F)(F)C2)CC1. The van der Waals surface area contributed by atoms with Crippen molar-refractivity contribution in [1.29, 1.82) is 0 Å². The lowest BCUT2D eigenvalue weighted by Crippen LogP contribution is -2.52. The van der Waals surface area contributed by atoms with Crippen molar-refractivity contribution in [1.82, 2.24) is 25.0 Å². The maximum atomic E-state index is 13.1. The number of rotatable bonds is 4. The predicted octanol–water partition coefficient (Wildman–Crippen LogP) is 2.12. The minimum atomic E-state index is -2.67. The average Bonchev–Trinajstić information content (AvgIpc) is 3.41. The van der Waals surface area contributed by atoms with E-state index in [4.69, 9.17) is 0 Å². The highest BCUT2D eigenvalue weighted by molar-refractivity contribution is 5.90. The van der Waals surface area contributed by atoms with Crippen molar-refractivity contribution < 1.29 is 18.4 Å². The van der Waals surface area contributed by atoms with Crippen LogP contribution in [0.1, 0.15) is 67.8 Å². The number of hydrogen-bond acceptors (Lipinski definition) is 4. The molecule has 7 nitrogen and oxygen atoms in total. The molecule has 0 aromatic carbocycles. The van der Waals surface area contributed by atoms with Crippen LogP contribution < -0.4 is 5.32 Å². The van der Waals surface area contributed by atoms with E-state index in [0.29, 0.717) is 31.4 Å². The second-order valence-corrected chi connectivity index (χ2v) is 9.32. The Morgan fingerprint density at radius 2 is 1.79 bits per heavy atom. The summed E-state index contributed by atoms with van der Waals surface area (Å²) >= 11 is 0. The van der Waals surface area contributed by atoms with Gasteiger partial charge in [-0.2, -0.15) is 0 Å². The van der Waals surface area contributed by atoms with Gasteiger partial charge in [-0.3, -0.25) is 9.59 Å². The molecule has 4 aliphatic rings. The van der Waals surface area contributed by atoms with Crippen molar-refractivity contribution >= 4 is 11.8 Å². The number of carbonyl (C=O) groups excluding carboxylic acids is 2. The summed E-state index contributed by atoms with van der Waals surface area (Å²) in [4.78, 5) is 26.8. The number of nitrogens with zero attached hydrogens (tertiary/aromatic N) is 4. The minimum Gasteiger partial charge on any atom is -0.349 e. The number of nitrogens with one attached hydrogen (secondary N) is 1. The van der Waals surface area contributed by atoms with Gasteiger partial charge < -0.3 is 14.8 Å². The first-order valence-electron chi connectivity index (χ1n) is 10.8. The van der Waals surface area contributed by atoms with E-state index in [1.165, 1.54) is 12.8 Å². The molecule has 0 radical (unpaired) electrons. The molecule has 29 heavy (non-hydrogen) atoms. The third-order valence-electron chi connectivity index (χ3n) is 7.19. The van der Waals surface area contributed by atoms with Gasteiger partial charge in [0.25, 0.3) is 5.91 Å². The number of fused-ring (bicyclic) bond motifs is 2. The minimum absolute atomic E-state index is 0.136. The largest absolute Gasteiger partial charge is 0.349 e. The summed E-state index contributed by atoms with van der Waals surface area (Å²) < 4.78 is 28.2. The van der Waals surface area contributed by atoms with Crippen LogP contribution in [0.3, 0.4) is 0 Å². The molecule has 158 valence electrons. The van der Waals surface area contributed by atoms with Crippen LogP contribution in [0.15, 0.2) is 0 Å². The highest BCUT2D eigenvalue weighted by Gasteiger charge is 2.51.